The van der Waals surface area contributed by atoms with Crippen LogP contribution in [0.3, 0.4) is 0 Å². The largest absolute Gasteiger partial charge is 0.744 e. The predicted molar refractivity (Wildman–Crippen MR) is 250 cm³/mol. The topological polar surface area (TPSA) is 337 Å². The van der Waals surface area contributed by atoms with Crippen LogP contribution in [0.5, 0.6) is 0 Å². The van der Waals surface area contributed by atoms with Gasteiger partial charge in [-0.05, 0) is 135 Å². The molecule has 5 aromatic carbocycles. The SMILES string of the molecule is CCN(CC)c1ccc2c(C)cc(=O)oc2c1.CCN(CC)c1ccc2c(C)cc(=O)oc2c1.NC(N)=[NH2+].NC(N)=[NH2+].O=S(=O)([O-])c1ccc2cc3cc(S(=O)(=O)[O-])ccc3cc2c1. The van der Waals surface area contributed by atoms with Crippen LogP contribution in [0.25, 0.3) is 43.5 Å². The molecule has 0 bridgehead atoms. The van der Waals surface area contributed by atoms with Gasteiger partial charge in [0.25, 0.3) is 0 Å². The zero-order valence-electron chi connectivity index (χ0n) is 36.3. The normalized spacial score (nSPS) is 10.9. The Labute approximate surface area is 370 Å². The number of fused-ring (bicyclic) bond motifs is 4. The number of hydrogen-bond donors (Lipinski definition) is 6. The van der Waals surface area contributed by atoms with Crippen molar-refractivity contribution in [2.45, 2.75) is 51.3 Å². The molecule has 18 nitrogen and oxygen atoms in total. The summed E-state index contributed by atoms with van der Waals surface area (Å²) in [6, 6.07) is 26.2. The second-order valence-electron chi connectivity index (χ2n) is 14.0. The van der Waals surface area contributed by atoms with E-state index in [-0.39, 0.29) is 33.0 Å². The van der Waals surface area contributed by atoms with Crippen LogP contribution >= 0.6 is 0 Å². The van der Waals surface area contributed by atoms with Gasteiger partial charge in [-0.3, -0.25) is 33.8 Å². The lowest BCUT2D eigenvalue weighted by Crippen LogP contribution is -2.51. The molecule has 0 saturated carbocycles. The lowest BCUT2D eigenvalue weighted by Gasteiger charge is -2.21. The first-order chi connectivity index (χ1) is 29.9. The maximum absolute atomic E-state index is 11.3. The summed E-state index contributed by atoms with van der Waals surface area (Å²) >= 11 is 0. The average Bonchev–Trinajstić information content (AvgIpc) is 3.19. The molecule has 0 unspecified atom stereocenters. The zero-order valence-corrected chi connectivity index (χ0v) is 38.0. The number of hydrogen-bond acceptors (Lipinski definition) is 12. The lowest BCUT2D eigenvalue weighted by molar-refractivity contribution is -0.117. The van der Waals surface area contributed by atoms with Gasteiger partial charge in [0.2, 0.25) is 0 Å². The van der Waals surface area contributed by atoms with E-state index < -0.39 is 20.2 Å². The monoisotopic (exact) mass is 918 g/mol. The van der Waals surface area contributed by atoms with Crippen LogP contribution in [0.15, 0.2) is 125 Å². The molecular weight excluding hydrogens is 865 g/mol. The fourth-order valence-corrected chi connectivity index (χ4v) is 7.47. The maximum atomic E-state index is 11.3. The molecule has 342 valence electrons. The third-order valence-corrected chi connectivity index (χ3v) is 11.1. The van der Waals surface area contributed by atoms with Gasteiger partial charge in [0, 0.05) is 72.6 Å². The van der Waals surface area contributed by atoms with Crippen molar-refractivity contribution in [3.05, 3.63) is 129 Å². The van der Waals surface area contributed by atoms with E-state index in [1.807, 2.05) is 38.1 Å². The van der Waals surface area contributed by atoms with E-state index in [4.69, 9.17) is 8.83 Å². The number of aryl methyl sites for hydroxylation is 2. The molecule has 7 aromatic rings. The van der Waals surface area contributed by atoms with Crippen molar-refractivity contribution < 1.29 is 45.6 Å². The van der Waals surface area contributed by atoms with Gasteiger partial charge in [0.05, 0.1) is 9.79 Å². The Kier molecular flexibility index (Phi) is 18.0. The van der Waals surface area contributed by atoms with Crippen molar-refractivity contribution in [3.8, 4) is 0 Å². The molecule has 0 aliphatic heterocycles. The summed E-state index contributed by atoms with van der Waals surface area (Å²) in [5.74, 6) is -0.167. The van der Waals surface area contributed by atoms with Crippen LogP contribution in [-0.2, 0) is 20.2 Å². The fourth-order valence-electron chi connectivity index (χ4n) is 6.46. The number of anilines is 2. The summed E-state index contributed by atoms with van der Waals surface area (Å²) in [4.78, 5) is 26.5. The van der Waals surface area contributed by atoms with Gasteiger partial charge in [-0.2, -0.15) is 0 Å². The van der Waals surface area contributed by atoms with E-state index in [1.54, 1.807) is 12.1 Å². The first kappa shape index (κ1) is 51.4. The fraction of sp³-hybridized carbons (Fsp3) is 0.227. The minimum Gasteiger partial charge on any atom is -0.744 e. The van der Waals surface area contributed by atoms with Crippen molar-refractivity contribution in [1.29, 1.82) is 0 Å². The van der Waals surface area contributed by atoms with E-state index in [1.165, 1.54) is 48.5 Å². The average molecular weight is 919 g/mol. The van der Waals surface area contributed by atoms with E-state index >= 15 is 0 Å². The summed E-state index contributed by atoms with van der Waals surface area (Å²) in [5.41, 5.74) is 23.2. The van der Waals surface area contributed by atoms with E-state index in [2.05, 4.69) is 83.4 Å². The van der Waals surface area contributed by atoms with E-state index in [9.17, 15) is 35.5 Å². The summed E-state index contributed by atoms with van der Waals surface area (Å²) in [6.45, 7) is 16.1. The van der Waals surface area contributed by atoms with Gasteiger partial charge in [0.1, 0.15) is 31.4 Å². The van der Waals surface area contributed by atoms with Crippen molar-refractivity contribution >= 4 is 87.0 Å². The highest BCUT2D eigenvalue weighted by Gasteiger charge is 2.09. The zero-order chi connectivity index (χ0) is 48.1. The Balaban J connectivity index is 0.000000237. The molecule has 64 heavy (non-hydrogen) atoms. The molecule has 0 atom stereocenters. The van der Waals surface area contributed by atoms with Gasteiger partial charge < -0.3 is 27.7 Å². The quantitative estimate of drug-likeness (QED) is 0.0416. The Hall–Kier alpha value is -7.00. The molecular formula is C44H54N8O10S2. The highest BCUT2D eigenvalue weighted by Crippen LogP contribution is 2.28. The molecule has 2 heterocycles. The second-order valence-corrected chi connectivity index (χ2v) is 16.7. The summed E-state index contributed by atoms with van der Waals surface area (Å²) in [7, 11) is -9.09. The number of nitrogens with zero attached hydrogens (tertiary/aromatic N) is 2. The van der Waals surface area contributed by atoms with Crippen LogP contribution in [0.4, 0.5) is 11.4 Å². The highest BCUT2D eigenvalue weighted by molar-refractivity contribution is 7.86. The molecule has 0 saturated heterocycles. The van der Waals surface area contributed by atoms with Crippen LogP contribution < -0.4 is 54.8 Å². The minimum absolute atomic E-state index is 0.0833. The Morgan fingerprint density at radius 3 is 1.11 bits per heavy atom. The molecule has 0 spiro atoms. The van der Waals surface area contributed by atoms with Crippen molar-refractivity contribution in [3.63, 3.8) is 0 Å². The molecule has 0 fully saturated rings. The molecule has 7 rings (SSSR count). The van der Waals surface area contributed by atoms with Crippen LogP contribution in [0.1, 0.15) is 38.8 Å². The second kappa shape index (κ2) is 22.4. The Bertz CT molecular complexity index is 2910. The van der Waals surface area contributed by atoms with Gasteiger partial charge in [-0.15, -0.1) is 0 Å². The Morgan fingerprint density at radius 1 is 0.516 bits per heavy atom. The van der Waals surface area contributed by atoms with Gasteiger partial charge in [-0.25, -0.2) is 26.4 Å². The predicted octanol–water partition coefficient (Wildman–Crippen LogP) is 1.73. The van der Waals surface area contributed by atoms with Gasteiger partial charge in [0.15, 0.2) is 0 Å². The molecule has 12 N–H and O–H groups in total. The van der Waals surface area contributed by atoms with Gasteiger partial charge in [-0.1, -0.05) is 12.1 Å². The molecule has 0 radical (unpaired) electrons. The minimum atomic E-state index is -4.54. The van der Waals surface area contributed by atoms with Crippen LogP contribution in [0.2, 0.25) is 0 Å². The molecule has 0 aliphatic rings. The molecule has 0 amide bonds. The number of benzene rings is 5. The first-order valence-electron chi connectivity index (χ1n) is 19.7. The standard InChI is InChI=1S/2C14H17NO2.C14H10O6S2.2CH5N3/c2*1-4-15(5-2)11-6-7-12-10(3)8-14(16)17-13(12)9-11;15-21(16,17)13-3-1-9-5-12-8-14(22(18,19)20)4-2-10(12)6-11(9)7-13;2*2-1(3)4/h2*6-9H,4-5H2,1-3H3;1-8H,(H,15,16,17)(H,18,19,20);2*(H5,2,3,4). The van der Waals surface area contributed by atoms with Crippen molar-refractivity contribution in [2.24, 2.45) is 22.9 Å². The van der Waals surface area contributed by atoms with Crippen molar-refractivity contribution in [2.75, 3.05) is 36.0 Å². The lowest BCUT2D eigenvalue weighted by atomic mass is 10.0. The first-order valence-corrected chi connectivity index (χ1v) is 22.5. The summed E-state index contributed by atoms with van der Waals surface area (Å²) in [5, 5.41) is 13.5. The third-order valence-electron chi connectivity index (χ3n) is 9.44. The third kappa shape index (κ3) is 14.5. The van der Waals surface area contributed by atoms with Crippen LogP contribution in [0, 0.1) is 13.8 Å². The highest BCUT2D eigenvalue weighted by atomic mass is 32.2. The summed E-state index contributed by atoms with van der Waals surface area (Å²) in [6.07, 6.45) is 0. The number of guanidine groups is 2. The smallest absolute Gasteiger partial charge is 0.336 e. The van der Waals surface area contributed by atoms with Crippen molar-refractivity contribution in [1.82, 2.24) is 0 Å². The maximum Gasteiger partial charge on any atom is 0.336 e. The number of rotatable bonds is 8. The molecule has 2 aromatic heterocycles. The summed E-state index contributed by atoms with van der Waals surface area (Å²) < 4.78 is 76.7. The van der Waals surface area contributed by atoms with E-state index in [0.29, 0.717) is 32.7 Å². The van der Waals surface area contributed by atoms with Crippen LogP contribution in [-0.4, -0.2) is 64.0 Å². The molecule has 20 heteroatoms. The van der Waals surface area contributed by atoms with Gasteiger partial charge >= 0.3 is 23.2 Å². The molecule has 0 aliphatic carbocycles. The van der Waals surface area contributed by atoms with E-state index in [0.717, 1.165) is 59.5 Å². The Morgan fingerprint density at radius 2 is 0.828 bits per heavy atom. The number of nitrogens with two attached hydrogens (primary N) is 6.